The molecule has 1 heterocycles. The Morgan fingerprint density at radius 2 is 1.77 bits per heavy atom. The molecule has 0 radical (unpaired) electrons. The van der Waals surface area contributed by atoms with Crippen molar-refractivity contribution < 1.29 is 36.3 Å². The van der Waals surface area contributed by atoms with Crippen LogP contribution in [0.3, 0.4) is 0 Å². The number of hydrogen-bond donors (Lipinski definition) is 2. The largest absolute Gasteiger partial charge is 0.490 e. The molecule has 1 amide bonds. The molecule has 30 heavy (non-hydrogen) atoms. The number of amides is 1. The number of carbonyl (C=O) groups excluding carboxylic acids is 1. The minimum absolute atomic E-state index is 0.00134. The number of carbonyl (C=O) groups is 2. The Kier molecular flexibility index (Phi) is 9.09. The van der Waals surface area contributed by atoms with Crippen molar-refractivity contribution in [3.05, 3.63) is 29.8 Å². The lowest BCUT2D eigenvalue weighted by molar-refractivity contribution is -0.192. The molecule has 1 saturated heterocycles. The van der Waals surface area contributed by atoms with Gasteiger partial charge in [0.25, 0.3) is 5.91 Å². The summed E-state index contributed by atoms with van der Waals surface area (Å²) >= 11 is 0. The topological polar surface area (TPSA) is 107 Å². The number of rotatable bonds is 5. The van der Waals surface area contributed by atoms with Gasteiger partial charge in [-0.2, -0.15) is 13.2 Å². The van der Waals surface area contributed by atoms with E-state index in [1.807, 2.05) is 19.0 Å². The minimum atomic E-state index is -5.08. The monoisotopic (exact) mass is 453 g/mol. The number of benzene rings is 1. The standard InChI is InChI=1S/C16H25N3O3S.C2HF3O2/c1-4-23(21,22)17-14-9-7-13(8-10-14)16(20)19-11-5-6-15(12-19)18(2)3;3-2(4,5)1(6)7/h7-10,15,17H,4-6,11-12H2,1-3H3;(H,6,7). The number of piperidine rings is 1. The van der Waals surface area contributed by atoms with Crippen molar-refractivity contribution in [3.63, 3.8) is 0 Å². The van der Waals surface area contributed by atoms with Gasteiger partial charge in [0.15, 0.2) is 0 Å². The van der Waals surface area contributed by atoms with Gasteiger partial charge in [-0.1, -0.05) is 0 Å². The van der Waals surface area contributed by atoms with Gasteiger partial charge >= 0.3 is 12.1 Å². The molecule has 12 heteroatoms. The van der Waals surface area contributed by atoms with Crippen LogP contribution in [0.2, 0.25) is 0 Å². The van der Waals surface area contributed by atoms with E-state index in [2.05, 4.69) is 9.62 Å². The van der Waals surface area contributed by atoms with Gasteiger partial charge in [-0.25, -0.2) is 13.2 Å². The molecular weight excluding hydrogens is 427 g/mol. The van der Waals surface area contributed by atoms with Crippen molar-refractivity contribution >= 4 is 27.6 Å². The number of hydrogen-bond acceptors (Lipinski definition) is 5. The predicted molar refractivity (Wildman–Crippen MR) is 106 cm³/mol. The van der Waals surface area contributed by atoms with E-state index in [0.717, 1.165) is 25.9 Å². The first kappa shape index (κ1) is 25.7. The summed E-state index contributed by atoms with van der Waals surface area (Å²) in [7, 11) is 0.776. The van der Waals surface area contributed by atoms with Crippen LogP contribution in [-0.2, 0) is 14.8 Å². The summed E-state index contributed by atoms with van der Waals surface area (Å²) < 4.78 is 57.3. The lowest BCUT2D eigenvalue weighted by atomic mass is 10.0. The highest BCUT2D eigenvalue weighted by Gasteiger charge is 2.38. The third-order valence-electron chi connectivity index (χ3n) is 4.44. The summed E-state index contributed by atoms with van der Waals surface area (Å²) in [6.07, 6.45) is -2.97. The number of aliphatic carboxylic acids is 1. The van der Waals surface area contributed by atoms with Gasteiger partial charge in [-0.15, -0.1) is 0 Å². The van der Waals surface area contributed by atoms with Crippen molar-refractivity contribution in [2.75, 3.05) is 37.7 Å². The Morgan fingerprint density at radius 1 is 1.23 bits per heavy atom. The van der Waals surface area contributed by atoms with E-state index in [9.17, 15) is 26.4 Å². The van der Waals surface area contributed by atoms with Crippen LogP contribution in [0.4, 0.5) is 18.9 Å². The first-order chi connectivity index (χ1) is 13.8. The average molecular weight is 453 g/mol. The summed E-state index contributed by atoms with van der Waals surface area (Å²) in [4.78, 5) is 25.5. The molecule has 1 atom stereocenters. The van der Waals surface area contributed by atoms with Gasteiger partial charge in [-0.05, 0) is 58.1 Å². The summed E-state index contributed by atoms with van der Waals surface area (Å²) in [6.45, 7) is 3.08. The molecule has 1 aliphatic heterocycles. The molecule has 170 valence electrons. The number of nitrogens with zero attached hydrogens (tertiary/aromatic N) is 2. The van der Waals surface area contributed by atoms with E-state index >= 15 is 0 Å². The number of likely N-dealkylation sites (N-methyl/N-ethyl adjacent to an activating group) is 1. The molecule has 0 bridgehead atoms. The predicted octanol–water partition coefficient (Wildman–Crippen LogP) is 2.25. The highest BCUT2D eigenvalue weighted by Crippen LogP contribution is 2.18. The Balaban J connectivity index is 0.000000553. The third kappa shape index (κ3) is 8.19. The van der Waals surface area contributed by atoms with E-state index in [1.54, 1.807) is 31.2 Å². The number of alkyl halides is 3. The zero-order chi connectivity index (χ0) is 23.1. The molecule has 1 aromatic rings. The molecule has 1 fully saturated rings. The number of nitrogens with one attached hydrogen (secondary N) is 1. The number of sulfonamides is 1. The van der Waals surface area contributed by atoms with Crippen molar-refractivity contribution in [2.45, 2.75) is 32.0 Å². The number of likely N-dealkylation sites (tertiary alicyclic amines) is 1. The molecular formula is C18H26F3N3O5S. The van der Waals surface area contributed by atoms with Gasteiger partial charge in [0.1, 0.15) is 0 Å². The molecule has 0 saturated carbocycles. The lowest BCUT2D eigenvalue weighted by Gasteiger charge is -2.36. The highest BCUT2D eigenvalue weighted by atomic mass is 32.2. The van der Waals surface area contributed by atoms with Gasteiger partial charge in [0, 0.05) is 30.4 Å². The molecule has 8 nitrogen and oxygen atoms in total. The average Bonchev–Trinajstić information content (AvgIpc) is 2.67. The number of carboxylic acid groups (broad SMARTS) is 1. The maximum absolute atomic E-state index is 12.6. The van der Waals surface area contributed by atoms with Crippen molar-refractivity contribution in [3.8, 4) is 0 Å². The number of halogens is 3. The fourth-order valence-electron chi connectivity index (χ4n) is 2.68. The molecule has 0 aromatic heterocycles. The fraction of sp³-hybridized carbons (Fsp3) is 0.556. The second-order valence-corrected chi connectivity index (χ2v) is 8.91. The second-order valence-electron chi connectivity index (χ2n) is 6.90. The molecule has 1 aliphatic rings. The van der Waals surface area contributed by atoms with Crippen molar-refractivity contribution in [2.24, 2.45) is 0 Å². The fourth-order valence-corrected chi connectivity index (χ4v) is 3.32. The first-order valence-electron chi connectivity index (χ1n) is 9.13. The van der Waals surface area contributed by atoms with Crippen LogP contribution in [0.5, 0.6) is 0 Å². The number of carboxylic acids is 1. The zero-order valence-corrected chi connectivity index (χ0v) is 17.8. The SMILES string of the molecule is CCS(=O)(=O)Nc1ccc(C(=O)N2CCCC(N(C)C)C2)cc1.O=C(O)C(F)(F)F. The minimum Gasteiger partial charge on any atom is -0.475 e. The van der Waals surface area contributed by atoms with Crippen LogP contribution in [0.15, 0.2) is 24.3 Å². The normalized spacial score (nSPS) is 17.2. The molecule has 1 unspecified atom stereocenters. The third-order valence-corrected chi connectivity index (χ3v) is 5.75. The van der Waals surface area contributed by atoms with Gasteiger partial charge in [0.05, 0.1) is 5.75 Å². The smallest absolute Gasteiger partial charge is 0.475 e. The van der Waals surface area contributed by atoms with E-state index in [4.69, 9.17) is 9.90 Å². The van der Waals surface area contributed by atoms with Crippen molar-refractivity contribution in [1.29, 1.82) is 0 Å². The van der Waals surface area contributed by atoms with E-state index < -0.39 is 22.2 Å². The van der Waals surface area contributed by atoms with E-state index in [0.29, 0.717) is 17.3 Å². The van der Waals surface area contributed by atoms with Crippen LogP contribution in [0.25, 0.3) is 0 Å². The van der Waals surface area contributed by atoms with Crippen LogP contribution >= 0.6 is 0 Å². The lowest BCUT2D eigenvalue weighted by Crippen LogP contribution is -2.47. The summed E-state index contributed by atoms with van der Waals surface area (Å²) in [5.41, 5.74) is 1.07. The van der Waals surface area contributed by atoms with Gasteiger partial charge < -0.3 is 14.9 Å². The summed E-state index contributed by atoms with van der Waals surface area (Å²) in [5, 5.41) is 7.12. The summed E-state index contributed by atoms with van der Waals surface area (Å²) in [5.74, 6) is -2.73. The Bertz CT molecular complexity index is 826. The van der Waals surface area contributed by atoms with E-state index in [-0.39, 0.29) is 11.7 Å². The quantitative estimate of drug-likeness (QED) is 0.708. The van der Waals surface area contributed by atoms with Crippen molar-refractivity contribution in [1.82, 2.24) is 9.80 Å². The Morgan fingerprint density at radius 3 is 2.20 bits per heavy atom. The first-order valence-corrected chi connectivity index (χ1v) is 10.8. The second kappa shape index (κ2) is 10.6. The molecule has 0 aliphatic carbocycles. The van der Waals surface area contributed by atoms with Gasteiger partial charge in [-0.3, -0.25) is 9.52 Å². The Labute approximate surface area is 173 Å². The van der Waals surface area contributed by atoms with E-state index in [1.165, 1.54) is 0 Å². The van der Waals surface area contributed by atoms with Crippen LogP contribution in [0.1, 0.15) is 30.1 Å². The zero-order valence-electron chi connectivity index (χ0n) is 16.9. The number of anilines is 1. The van der Waals surface area contributed by atoms with Gasteiger partial charge in [0.2, 0.25) is 10.0 Å². The maximum atomic E-state index is 12.6. The van der Waals surface area contributed by atoms with Crippen LogP contribution in [0, 0.1) is 0 Å². The molecule has 2 rings (SSSR count). The Hall–Kier alpha value is -2.34. The molecule has 0 spiro atoms. The van der Waals surface area contributed by atoms with Crippen LogP contribution < -0.4 is 4.72 Å². The van der Waals surface area contributed by atoms with Crippen LogP contribution in [-0.4, -0.2) is 80.4 Å². The molecule has 2 N–H and O–H groups in total. The summed E-state index contributed by atoms with van der Waals surface area (Å²) in [6, 6.07) is 7.01. The maximum Gasteiger partial charge on any atom is 0.490 e. The molecule has 1 aromatic carbocycles. The highest BCUT2D eigenvalue weighted by molar-refractivity contribution is 7.92.